The molecular weight excluding hydrogens is 589 g/mol. The first-order valence-corrected chi connectivity index (χ1v) is 19.4. The van der Waals surface area contributed by atoms with Gasteiger partial charge in [-0.05, 0) is 48.7 Å². The van der Waals surface area contributed by atoms with E-state index in [9.17, 15) is 14.7 Å². The van der Waals surface area contributed by atoms with E-state index in [2.05, 4.69) is 35.6 Å². The number of anilines is 2. The third-order valence-electron chi connectivity index (χ3n) is 7.05. The average molecular weight is 625 g/mol. The average Bonchev–Trinajstić information content (AvgIpc) is 3.60. The molecule has 42 heavy (non-hydrogen) atoms. The molecule has 1 N–H and O–H groups in total. The van der Waals surface area contributed by atoms with Crippen LogP contribution in [0.2, 0.25) is 25.7 Å². The van der Waals surface area contributed by atoms with Gasteiger partial charge in [-0.3, -0.25) is 9.69 Å². The summed E-state index contributed by atoms with van der Waals surface area (Å²) in [5.41, 5.74) is 3.60. The predicted octanol–water partition coefficient (Wildman–Crippen LogP) is 5.94. The van der Waals surface area contributed by atoms with Crippen molar-refractivity contribution in [2.45, 2.75) is 52.2 Å². The minimum Gasteiger partial charge on any atom is -0.461 e. The van der Waals surface area contributed by atoms with E-state index in [-0.39, 0.29) is 31.5 Å². The Bertz CT molecular complexity index is 1550. The number of amides is 1. The quantitative estimate of drug-likeness (QED) is 0.0946. The molecule has 1 aliphatic heterocycles. The second-order valence-corrected chi connectivity index (χ2v) is 19.0. The summed E-state index contributed by atoms with van der Waals surface area (Å²) >= 11 is 2.75. The highest BCUT2D eigenvalue weighted by Gasteiger charge is 2.30. The Kier molecular flexibility index (Phi) is 9.38. The van der Waals surface area contributed by atoms with Gasteiger partial charge in [0.25, 0.3) is 5.91 Å². The first-order valence-electron chi connectivity index (χ1n) is 14.1. The third kappa shape index (κ3) is 6.73. The van der Waals surface area contributed by atoms with E-state index in [0.717, 1.165) is 27.4 Å². The van der Waals surface area contributed by atoms with Crippen molar-refractivity contribution in [1.82, 2.24) is 9.97 Å². The number of aliphatic hydroxyl groups is 1. The van der Waals surface area contributed by atoms with Crippen LogP contribution in [0.15, 0.2) is 42.5 Å². The number of ether oxygens (including phenoxy) is 2. The Hall–Kier alpha value is -3.16. The van der Waals surface area contributed by atoms with Crippen LogP contribution in [0.5, 0.6) is 0 Å². The normalized spacial score (nSPS) is 13.3. The van der Waals surface area contributed by atoms with Crippen molar-refractivity contribution in [3.8, 4) is 0 Å². The van der Waals surface area contributed by atoms with Crippen molar-refractivity contribution in [3.05, 3.63) is 69.7 Å². The van der Waals surface area contributed by atoms with Crippen LogP contribution in [0.25, 0.3) is 10.2 Å². The van der Waals surface area contributed by atoms with E-state index >= 15 is 0 Å². The number of hydrogen-bond donors (Lipinski definition) is 1. The molecule has 0 spiro atoms. The van der Waals surface area contributed by atoms with Gasteiger partial charge >= 0.3 is 5.97 Å². The van der Waals surface area contributed by atoms with Crippen LogP contribution in [-0.4, -0.2) is 61.5 Å². The van der Waals surface area contributed by atoms with Gasteiger partial charge in [-0.1, -0.05) is 66.6 Å². The number of para-hydroxylation sites is 1. The van der Waals surface area contributed by atoms with E-state index in [1.54, 1.807) is 11.8 Å². The fourth-order valence-corrected chi connectivity index (χ4v) is 7.38. The molecule has 222 valence electrons. The number of aromatic nitrogens is 2. The first-order chi connectivity index (χ1) is 20.2. The lowest BCUT2D eigenvalue weighted by Crippen LogP contribution is -2.37. The van der Waals surface area contributed by atoms with E-state index in [0.29, 0.717) is 46.8 Å². The molecular formula is C30H36N4O5S2Si. The Morgan fingerprint density at radius 1 is 1.10 bits per heavy atom. The first kappa shape index (κ1) is 30.3. The van der Waals surface area contributed by atoms with Crippen molar-refractivity contribution in [2.75, 3.05) is 36.3 Å². The maximum atomic E-state index is 14.3. The molecule has 5 rings (SSSR count). The predicted molar refractivity (Wildman–Crippen MR) is 171 cm³/mol. The summed E-state index contributed by atoms with van der Waals surface area (Å²) in [6, 6.07) is 14.7. The summed E-state index contributed by atoms with van der Waals surface area (Å²) in [6.45, 7) is 10.4. The fraction of sp³-hybridized carbons (Fsp3) is 0.400. The molecule has 1 aliphatic rings. The molecule has 0 radical (unpaired) electrons. The number of rotatable bonds is 11. The highest BCUT2D eigenvalue weighted by Crippen LogP contribution is 2.34. The van der Waals surface area contributed by atoms with E-state index in [1.807, 2.05) is 36.4 Å². The molecule has 0 bridgehead atoms. The summed E-state index contributed by atoms with van der Waals surface area (Å²) in [4.78, 5) is 40.2. The molecule has 0 atom stereocenters. The Balaban J connectivity index is 1.44. The van der Waals surface area contributed by atoms with Crippen LogP contribution in [-0.2, 0) is 29.0 Å². The van der Waals surface area contributed by atoms with Gasteiger partial charge in [0.1, 0.15) is 6.73 Å². The molecule has 0 saturated heterocycles. The van der Waals surface area contributed by atoms with Gasteiger partial charge in [0.15, 0.2) is 16.0 Å². The van der Waals surface area contributed by atoms with Crippen LogP contribution >= 0.6 is 22.7 Å². The zero-order chi connectivity index (χ0) is 29.9. The lowest BCUT2D eigenvalue weighted by Gasteiger charge is -2.31. The van der Waals surface area contributed by atoms with Gasteiger partial charge in [0, 0.05) is 33.3 Å². The zero-order valence-corrected chi connectivity index (χ0v) is 27.0. The van der Waals surface area contributed by atoms with Crippen LogP contribution < -0.4 is 9.80 Å². The number of aliphatic hydroxyl groups excluding tert-OH is 1. The van der Waals surface area contributed by atoms with Crippen LogP contribution in [0.1, 0.15) is 43.8 Å². The number of carbonyl (C=O) groups excluding carboxylic acids is 2. The molecule has 0 saturated carbocycles. The van der Waals surface area contributed by atoms with E-state index < -0.39 is 14.0 Å². The monoisotopic (exact) mass is 624 g/mol. The fourth-order valence-electron chi connectivity index (χ4n) is 4.74. The number of benzene rings is 2. The Labute approximate surface area is 254 Å². The molecule has 0 fully saturated rings. The number of hydrogen-bond acceptors (Lipinski definition) is 10. The SMILES string of the molecule is CCOC(=O)c1nc(N2CCc3cccc(C(=O)N(COCC[Si](C)(C)C)c4nc5ccccc5s4)c3C2)sc1CO. The summed E-state index contributed by atoms with van der Waals surface area (Å²) in [6.07, 6.45) is 0.715. The number of fused-ring (bicyclic) bond motifs is 2. The second-order valence-electron chi connectivity index (χ2n) is 11.3. The lowest BCUT2D eigenvalue weighted by molar-refractivity contribution is 0.0517. The van der Waals surface area contributed by atoms with Crippen molar-refractivity contribution in [3.63, 3.8) is 0 Å². The van der Waals surface area contributed by atoms with Crippen molar-refractivity contribution in [1.29, 1.82) is 0 Å². The van der Waals surface area contributed by atoms with Crippen LogP contribution in [0, 0.1) is 0 Å². The van der Waals surface area contributed by atoms with Gasteiger partial charge in [-0.15, -0.1) is 0 Å². The van der Waals surface area contributed by atoms with Gasteiger partial charge in [0.2, 0.25) is 0 Å². The molecule has 12 heteroatoms. The number of esters is 1. The molecule has 2 aromatic carbocycles. The van der Waals surface area contributed by atoms with Crippen LogP contribution in [0.3, 0.4) is 0 Å². The Morgan fingerprint density at radius 2 is 1.90 bits per heavy atom. The van der Waals surface area contributed by atoms with Gasteiger partial charge in [0.05, 0.1) is 28.3 Å². The van der Waals surface area contributed by atoms with E-state index in [4.69, 9.17) is 14.5 Å². The van der Waals surface area contributed by atoms with Gasteiger partial charge < -0.3 is 19.5 Å². The maximum Gasteiger partial charge on any atom is 0.358 e. The highest BCUT2D eigenvalue weighted by molar-refractivity contribution is 7.22. The highest BCUT2D eigenvalue weighted by atomic mass is 32.1. The van der Waals surface area contributed by atoms with Gasteiger partial charge in [-0.2, -0.15) is 0 Å². The second kappa shape index (κ2) is 13.0. The van der Waals surface area contributed by atoms with Crippen molar-refractivity contribution >= 4 is 63.1 Å². The largest absolute Gasteiger partial charge is 0.461 e. The summed E-state index contributed by atoms with van der Waals surface area (Å²) in [7, 11) is -1.30. The van der Waals surface area contributed by atoms with E-state index in [1.165, 1.54) is 22.7 Å². The van der Waals surface area contributed by atoms with Crippen molar-refractivity contribution in [2.24, 2.45) is 0 Å². The summed E-state index contributed by atoms with van der Waals surface area (Å²) in [5, 5.41) is 11.1. The lowest BCUT2D eigenvalue weighted by atomic mass is 9.94. The molecule has 0 aliphatic carbocycles. The summed E-state index contributed by atoms with van der Waals surface area (Å²) < 4.78 is 12.2. The molecule has 4 aromatic rings. The smallest absolute Gasteiger partial charge is 0.358 e. The zero-order valence-electron chi connectivity index (χ0n) is 24.4. The third-order valence-corrected chi connectivity index (χ3v) is 10.9. The van der Waals surface area contributed by atoms with Crippen LogP contribution in [0.4, 0.5) is 10.3 Å². The summed E-state index contributed by atoms with van der Waals surface area (Å²) in [5.74, 6) is -0.707. The standard InChI is InChI=1S/C30H36N4O5S2Si/c1-5-39-28(37)26-25(18-35)41-29(32-26)33-14-13-20-9-8-10-21(22(20)17-33)27(36)34(19-38-15-16-42(2,3)4)30-31-23-11-6-7-12-24(23)40-30/h6-12,35H,5,13-19H2,1-4H3. The Morgan fingerprint density at radius 3 is 2.64 bits per heavy atom. The number of thiazole rings is 2. The molecule has 2 aromatic heterocycles. The molecule has 1 amide bonds. The van der Waals surface area contributed by atoms with Crippen molar-refractivity contribution < 1.29 is 24.2 Å². The topological polar surface area (TPSA) is 105 Å². The molecule has 9 nitrogen and oxygen atoms in total. The van der Waals surface area contributed by atoms with Gasteiger partial charge in [-0.25, -0.2) is 14.8 Å². The minimum atomic E-state index is -1.30. The number of nitrogens with zero attached hydrogens (tertiary/aromatic N) is 4. The minimum absolute atomic E-state index is 0.117. The maximum absolute atomic E-state index is 14.3. The number of carbonyl (C=O) groups is 2. The molecule has 3 heterocycles. The molecule has 0 unspecified atom stereocenters.